The van der Waals surface area contributed by atoms with Crippen molar-refractivity contribution in [2.45, 2.75) is 20.4 Å². The molecule has 0 aliphatic rings. The first-order valence-electron chi connectivity index (χ1n) is 9.00. The van der Waals surface area contributed by atoms with Crippen molar-refractivity contribution in [1.29, 1.82) is 0 Å². The summed E-state index contributed by atoms with van der Waals surface area (Å²) in [5, 5.41) is 12.2. The van der Waals surface area contributed by atoms with Gasteiger partial charge in [0.05, 0.1) is 43.5 Å². The number of methoxy groups -OCH3 is 2. The predicted molar refractivity (Wildman–Crippen MR) is 122 cm³/mol. The Balaban J connectivity index is 1.78. The molecular weight excluding hydrogens is 408 g/mol. The minimum Gasteiger partial charge on any atom is -0.497 e. The lowest BCUT2D eigenvalue weighted by Gasteiger charge is -2.15. The van der Waals surface area contributed by atoms with Crippen LogP contribution in [0.2, 0.25) is 5.02 Å². The largest absolute Gasteiger partial charge is 0.497 e. The van der Waals surface area contributed by atoms with Crippen LogP contribution in [0.5, 0.6) is 11.5 Å². The number of hydrogen-bond acceptors (Lipinski definition) is 4. The summed E-state index contributed by atoms with van der Waals surface area (Å²) in [5.41, 5.74) is 4.38. The van der Waals surface area contributed by atoms with Gasteiger partial charge in [0.1, 0.15) is 11.5 Å². The molecule has 152 valence electrons. The first-order valence-corrected chi connectivity index (χ1v) is 9.79. The molecular formula is C21H23ClN4O2S. The van der Waals surface area contributed by atoms with E-state index in [1.165, 1.54) is 0 Å². The van der Waals surface area contributed by atoms with Crippen molar-refractivity contribution < 1.29 is 9.47 Å². The second-order valence-corrected chi connectivity index (χ2v) is 7.26. The van der Waals surface area contributed by atoms with Gasteiger partial charge in [0.2, 0.25) is 0 Å². The van der Waals surface area contributed by atoms with Gasteiger partial charge in [-0.25, -0.2) is 0 Å². The zero-order valence-corrected chi connectivity index (χ0v) is 18.3. The van der Waals surface area contributed by atoms with Crippen LogP contribution in [0.3, 0.4) is 0 Å². The third-order valence-corrected chi connectivity index (χ3v) is 5.13. The van der Waals surface area contributed by atoms with Crippen LogP contribution in [0.15, 0.2) is 42.5 Å². The zero-order valence-electron chi connectivity index (χ0n) is 16.7. The highest BCUT2D eigenvalue weighted by atomic mass is 35.5. The van der Waals surface area contributed by atoms with Crippen LogP contribution in [-0.2, 0) is 6.54 Å². The predicted octanol–water partition coefficient (Wildman–Crippen LogP) is 5.03. The molecule has 2 N–H and O–H groups in total. The van der Waals surface area contributed by atoms with E-state index in [9.17, 15) is 0 Å². The SMILES string of the molecule is COc1ccc(OC)c(NC(=S)Nc2c(C)nn(Cc3ccccc3Cl)c2C)c1. The fourth-order valence-electron chi connectivity index (χ4n) is 3.00. The molecule has 0 aliphatic carbocycles. The molecule has 3 aromatic rings. The summed E-state index contributed by atoms with van der Waals surface area (Å²) in [5.74, 6) is 1.37. The summed E-state index contributed by atoms with van der Waals surface area (Å²) in [6.07, 6.45) is 0. The van der Waals surface area contributed by atoms with E-state index in [0.29, 0.717) is 28.8 Å². The molecule has 1 aromatic heterocycles. The Morgan fingerprint density at radius 2 is 1.86 bits per heavy atom. The van der Waals surface area contributed by atoms with Crippen LogP contribution in [0.1, 0.15) is 17.0 Å². The highest BCUT2D eigenvalue weighted by Crippen LogP contribution is 2.29. The second-order valence-electron chi connectivity index (χ2n) is 6.44. The number of aromatic nitrogens is 2. The molecule has 0 saturated heterocycles. The minimum absolute atomic E-state index is 0.431. The summed E-state index contributed by atoms with van der Waals surface area (Å²) in [7, 11) is 3.22. The molecule has 0 aliphatic heterocycles. The molecule has 0 bridgehead atoms. The molecule has 0 atom stereocenters. The quantitative estimate of drug-likeness (QED) is 0.535. The van der Waals surface area contributed by atoms with E-state index in [1.54, 1.807) is 14.2 Å². The normalized spacial score (nSPS) is 10.5. The summed E-state index contributed by atoms with van der Waals surface area (Å²) in [6.45, 7) is 4.51. The fourth-order valence-corrected chi connectivity index (χ4v) is 3.41. The highest BCUT2D eigenvalue weighted by molar-refractivity contribution is 7.80. The van der Waals surface area contributed by atoms with E-state index in [-0.39, 0.29) is 0 Å². The average molecular weight is 431 g/mol. The number of aryl methyl sites for hydroxylation is 1. The van der Waals surface area contributed by atoms with Crippen LogP contribution in [0.4, 0.5) is 11.4 Å². The molecule has 0 amide bonds. The molecule has 0 fully saturated rings. The summed E-state index contributed by atoms with van der Waals surface area (Å²) >= 11 is 11.8. The van der Waals surface area contributed by atoms with Gasteiger partial charge in [0.25, 0.3) is 0 Å². The average Bonchev–Trinajstić information content (AvgIpc) is 2.97. The van der Waals surface area contributed by atoms with Crippen LogP contribution in [0.25, 0.3) is 0 Å². The van der Waals surface area contributed by atoms with Gasteiger partial charge in [0.15, 0.2) is 5.11 Å². The molecule has 6 nitrogen and oxygen atoms in total. The molecule has 0 unspecified atom stereocenters. The van der Waals surface area contributed by atoms with Gasteiger partial charge in [-0.3, -0.25) is 4.68 Å². The van der Waals surface area contributed by atoms with Gasteiger partial charge in [0, 0.05) is 11.1 Å². The molecule has 0 spiro atoms. The fraction of sp³-hybridized carbons (Fsp3) is 0.238. The molecule has 8 heteroatoms. The summed E-state index contributed by atoms with van der Waals surface area (Å²) in [4.78, 5) is 0. The first kappa shape index (κ1) is 21.0. The molecule has 0 saturated carbocycles. The van der Waals surface area contributed by atoms with Crippen LogP contribution < -0.4 is 20.1 Å². The Kier molecular flexibility index (Phi) is 6.61. The molecule has 0 radical (unpaired) electrons. The monoisotopic (exact) mass is 430 g/mol. The molecule has 3 rings (SSSR count). The van der Waals surface area contributed by atoms with E-state index >= 15 is 0 Å². The number of halogens is 1. The topological polar surface area (TPSA) is 60.3 Å². The number of nitrogens with zero attached hydrogens (tertiary/aromatic N) is 2. The summed E-state index contributed by atoms with van der Waals surface area (Å²) < 4.78 is 12.6. The lowest BCUT2D eigenvalue weighted by molar-refractivity contribution is 0.405. The van der Waals surface area contributed by atoms with Crippen molar-refractivity contribution in [2.24, 2.45) is 0 Å². The van der Waals surface area contributed by atoms with E-state index in [2.05, 4.69) is 15.7 Å². The Hall–Kier alpha value is -2.77. The third-order valence-electron chi connectivity index (χ3n) is 4.55. The van der Waals surface area contributed by atoms with Gasteiger partial charge < -0.3 is 20.1 Å². The number of ether oxygens (including phenoxy) is 2. The maximum atomic E-state index is 6.29. The number of anilines is 2. The zero-order chi connectivity index (χ0) is 21.0. The van der Waals surface area contributed by atoms with Gasteiger partial charge in [-0.05, 0) is 49.8 Å². The first-order chi connectivity index (χ1) is 13.9. The molecule has 29 heavy (non-hydrogen) atoms. The van der Waals surface area contributed by atoms with Crippen molar-refractivity contribution in [3.05, 3.63) is 64.4 Å². The maximum Gasteiger partial charge on any atom is 0.175 e. The van der Waals surface area contributed by atoms with Crippen molar-refractivity contribution in [2.75, 3.05) is 24.9 Å². The number of hydrogen-bond donors (Lipinski definition) is 2. The van der Waals surface area contributed by atoms with E-state index in [0.717, 1.165) is 27.7 Å². The smallest absolute Gasteiger partial charge is 0.175 e. The van der Waals surface area contributed by atoms with Crippen LogP contribution >= 0.6 is 23.8 Å². The Bertz CT molecular complexity index is 1040. The van der Waals surface area contributed by atoms with Crippen LogP contribution in [-0.4, -0.2) is 29.1 Å². The van der Waals surface area contributed by atoms with Crippen molar-refractivity contribution in [3.8, 4) is 11.5 Å². The second kappa shape index (κ2) is 9.15. The Morgan fingerprint density at radius 1 is 1.10 bits per heavy atom. The minimum atomic E-state index is 0.431. The van der Waals surface area contributed by atoms with Gasteiger partial charge in [-0.1, -0.05) is 29.8 Å². The molecule has 1 heterocycles. The van der Waals surface area contributed by atoms with E-state index in [1.807, 2.05) is 61.0 Å². The van der Waals surface area contributed by atoms with E-state index in [4.69, 9.17) is 33.3 Å². The van der Waals surface area contributed by atoms with Gasteiger partial charge in [-0.15, -0.1) is 0 Å². The summed E-state index contributed by atoms with van der Waals surface area (Å²) in [6, 6.07) is 13.2. The van der Waals surface area contributed by atoms with E-state index < -0.39 is 0 Å². The molecule has 2 aromatic carbocycles. The number of benzene rings is 2. The Labute approximate surface area is 180 Å². The lowest BCUT2D eigenvalue weighted by Crippen LogP contribution is -2.20. The standard InChI is InChI=1S/C21H23ClN4O2S/c1-13-20(14(2)26(25-13)12-15-7-5-6-8-17(15)22)24-21(29)23-18-11-16(27-3)9-10-19(18)28-4/h5-11H,12H2,1-4H3,(H2,23,24,29). The maximum absolute atomic E-state index is 6.29. The highest BCUT2D eigenvalue weighted by Gasteiger charge is 2.15. The number of rotatable bonds is 6. The number of thiocarbonyl (C=S) groups is 1. The van der Waals surface area contributed by atoms with Crippen molar-refractivity contribution >= 4 is 40.3 Å². The van der Waals surface area contributed by atoms with Gasteiger partial charge >= 0.3 is 0 Å². The Morgan fingerprint density at radius 3 is 2.55 bits per heavy atom. The van der Waals surface area contributed by atoms with Crippen LogP contribution in [0, 0.1) is 13.8 Å². The number of nitrogens with one attached hydrogen (secondary N) is 2. The lowest BCUT2D eigenvalue weighted by atomic mass is 10.2. The van der Waals surface area contributed by atoms with Crippen molar-refractivity contribution in [3.63, 3.8) is 0 Å². The van der Waals surface area contributed by atoms with Gasteiger partial charge in [-0.2, -0.15) is 5.10 Å². The van der Waals surface area contributed by atoms with Crippen molar-refractivity contribution in [1.82, 2.24) is 9.78 Å². The third kappa shape index (κ3) is 4.81.